The molecular weight excluding hydrogens is 427 g/mol. The van der Waals surface area contributed by atoms with E-state index in [1.807, 2.05) is 12.1 Å². The fraction of sp³-hybridized carbons (Fsp3) is 0.240. The first kappa shape index (κ1) is 23.6. The highest BCUT2D eigenvalue weighted by atomic mass is 32.2. The van der Waals surface area contributed by atoms with Crippen LogP contribution in [0.2, 0.25) is 0 Å². The highest BCUT2D eigenvalue weighted by Gasteiger charge is 2.17. The van der Waals surface area contributed by atoms with E-state index in [9.17, 15) is 17.6 Å². The number of rotatable bonds is 7. The number of sulfonamides is 1. The summed E-state index contributed by atoms with van der Waals surface area (Å²) in [6.45, 7) is 6.61. The molecule has 0 saturated carbocycles. The van der Waals surface area contributed by atoms with E-state index in [-0.39, 0.29) is 35.1 Å². The Morgan fingerprint density at radius 2 is 1.34 bits per heavy atom. The molecule has 0 saturated heterocycles. The second-order valence-corrected chi connectivity index (χ2v) is 10.4. The van der Waals surface area contributed by atoms with Gasteiger partial charge in [-0.15, -0.1) is 0 Å². The number of carbonyl (C=O) groups is 1. The maximum Gasteiger partial charge on any atom is 0.251 e. The van der Waals surface area contributed by atoms with Crippen LogP contribution in [0.15, 0.2) is 77.7 Å². The van der Waals surface area contributed by atoms with Crippen LogP contribution in [-0.4, -0.2) is 14.3 Å². The molecule has 3 aromatic carbocycles. The van der Waals surface area contributed by atoms with E-state index in [2.05, 4.69) is 30.8 Å². The van der Waals surface area contributed by atoms with Crippen LogP contribution >= 0.6 is 0 Å². The number of nitrogens with one attached hydrogen (secondary N) is 2. The van der Waals surface area contributed by atoms with E-state index in [1.54, 1.807) is 48.5 Å². The lowest BCUT2D eigenvalue weighted by molar-refractivity contribution is 0.0951. The topological polar surface area (TPSA) is 75.3 Å². The van der Waals surface area contributed by atoms with E-state index in [0.29, 0.717) is 5.56 Å². The van der Waals surface area contributed by atoms with Gasteiger partial charge in [0.1, 0.15) is 5.82 Å². The molecule has 5 nitrogen and oxygen atoms in total. The van der Waals surface area contributed by atoms with Crippen molar-refractivity contribution in [3.63, 3.8) is 0 Å². The monoisotopic (exact) mass is 454 g/mol. The molecule has 0 bridgehead atoms. The summed E-state index contributed by atoms with van der Waals surface area (Å²) in [6.07, 6.45) is 0. The van der Waals surface area contributed by atoms with Crippen molar-refractivity contribution >= 4 is 15.9 Å². The average Bonchev–Trinajstić information content (AvgIpc) is 2.77. The lowest BCUT2D eigenvalue weighted by Gasteiger charge is -2.19. The highest BCUT2D eigenvalue weighted by Crippen LogP contribution is 2.23. The third kappa shape index (κ3) is 6.24. The minimum atomic E-state index is -3.65. The smallest absolute Gasteiger partial charge is 0.251 e. The molecule has 0 radical (unpaired) electrons. The van der Waals surface area contributed by atoms with Gasteiger partial charge in [0.05, 0.1) is 4.90 Å². The Labute approximate surface area is 188 Å². The van der Waals surface area contributed by atoms with Crippen molar-refractivity contribution in [3.8, 4) is 0 Å². The van der Waals surface area contributed by atoms with Gasteiger partial charge in [-0.3, -0.25) is 4.79 Å². The van der Waals surface area contributed by atoms with Crippen molar-refractivity contribution in [1.29, 1.82) is 0 Å². The van der Waals surface area contributed by atoms with Gasteiger partial charge >= 0.3 is 0 Å². The third-order valence-corrected chi connectivity index (χ3v) is 6.50. The standard InChI is InChI=1S/C25H27FN2O3S/c1-25(2,3)21-10-14-23(15-11-21)32(30,31)28-17-19-4-8-20(9-5-19)24(29)27-16-18-6-12-22(26)13-7-18/h4-15,28H,16-17H2,1-3H3,(H,27,29). The second-order valence-electron chi connectivity index (χ2n) is 8.60. The van der Waals surface area contributed by atoms with Crippen LogP contribution in [0.5, 0.6) is 0 Å². The summed E-state index contributed by atoms with van der Waals surface area (Å²) >= 11 is 0. The molecule has 0 aliphatic carbocycles. The molecule has 32 heavy (non-hydrogen) atoms. The molecule has 0 aromatic heterocycles. The highest BCUT2D eigenvalue weighted by molar-refractivity contribution is 7.89. The Morgan fingerprint density at radius 1 is 0.812 bits per heavy atom. The summed E-state index contributed by atoms with van der Waals surface area (Å²) in [5.41, 5.74) is 2.99. The van der Waals surface area contributed by atoms with E-state index in [1.165, 1.54) is 12.1 Å². The number of hydrogen-bond acceptors (Lipinski definition) is 3. The predicted molar refractivity (Wildman–Crippen MR) is 123 cm³/mol. The summed E-state index contributed by atoms with van der Waals surface area (Å²) in [4.78, 5) is 12.5. The number of benzene rings is 3. The van der Waals surface area contributed by atoms with E-state index >= 15 is 0 Å². The maximum absolute atomic E-state index is 12.9. The van der Waals surface area contributed by atoms with Crippen molar-refractivity contribution in [3.05, 3.63) is 101 Å². The number of hydrogen-bond donors (Lipinski definition) is 2. The van der Waals surface area contributed by atoms with Crippen LogP contribution < -0.4 is 10.0 Å². The molecule has 2 N–H and O–H groups in total. The Bertz CT molecular complexity index is 1170. The molecule has 0 aliphatic rings. The molecule has 0 fully saturated rings. The van der Waals surface area contributed by atoms with Gasteiger partial charge in [-0.1, -0.05) is 57.2 Å². The molecule has 0 spiro atoms. The normalized spacial score (nSPS) is 11.9. The Morgan fingerprint density at radius 3 is 1.91 bits per heavy atom. The minimum Gasteiger partial charge on any atom is -0.348 e. The Kier molecular flexibility index (Phi) is 7.11. The van der Waals surface area contributed by atoms with Crippen LogP contribution in [0.1, 0.15) is 47.8 Å². The van der Waals surface area contributed by atoms with Crippen molar-refractivity contribution in [2.75, 3.05) is 0 Å². The van der Waals surface area contributed by atoms with Crippen LogP contribution in [0.25, 0.3) is 0 Å². The fourth-order valence-electron chi connectivity index (χ4n) is 3.06. The molecule has 1 amide bonds. The SMILES string of the molecule is CC(C)(C)c1ccc(S(=O)(=O)NCc2ccc(C(=O)NCc3ccc(F)cc3)cc2)cc1. The first-order valence-corrected chi connectivity index (χ1v) is 11.7. The van der Waals surface area contributed by atoms with Crippen molar-refractivity contribution in [2.45, 2.75) is 44.2 Å². The van der Waals surface area contributed by atoms with E-state index < -0.39 is 10.0 Å². The van der Waals surface area contributed by atoms with Gasteiger partial charge in [0, 0.05) is 18.7 Å². The zero-order valence-electron chi connectivity index (χ0n) is 18.4. The van der Waals surface area contributed by atoms with Gasteiger partial charge in [0.15, 0.2) is 0 Å². The quantitative estimate of drug-likeness (QED) is 0.551. The first-order chi connectivity index (χ1) is 15.0. The molecule has 168 valence electrons. The lowest BCUT2D eigenvalue weighted by Crippen LogP contribution is -2.24. The second kappa shape index (κ2) is 9.63. The molecule has 7 heteroatoms. The van der Waals surface area contributed by atoms with Crippen molar-refractivity contribution in [2.24, 2.45) is 0 Å². The molecule has 3 rings (SSSR count). The first-order valence-electron chi connectivity index (χ1n) is 10.3. The Balaban J connectivity index is 1.56. The van der Waals surface area contributed by atoms with Crippen molar-refractivity contribution < 1.29 is 17.6 Å². The number of amides is 1. The molecule has 0 unspecified atom stereocenters. The van der Waals surface area contributed by atoms with Crippen molar-refractivity contribution in [1.82, 2.24) is 10.0 Å². The van der Waals surface area contributed by atoms with Gasteiger partial charge in [-0.25, -0.2) is 17.5 Å². The summed E-state index contributed by atoms with van der Waals surface area (Å²) in [5.74, 6) is -0.589. The van der Waals surface area contributed by atoms with Gasteiger partial charge < -0.3 is 5.32 Å². The Hall–Kier alpha value is -3.03. The minimum absolute atomic E-state index is 0.0528. The fourth-order valence-corrected chi connectivity index (χ4v) is 4.07. The molecule has 0 heterocycles. The van der Waals surface area contributed by atoms with Crippen LogP contribution in [0.4, 0.5) is 4.39 Å². The molecular formula is C25H27FN2O3S. The van der Waals surface area contributed by atoms with E-state index in [0.717, 1.165) is 16.7 Å². The maximum atomic E-state index is 12.9. The van der Waals surface area contributed by atoms with Gasteiger partial charge in [0.25, 0.3) is 5.91 Å². The summed E-state index contributed by atoms with van der Waals surface area (Å²) in [5, 5.41) is 2.77. The predicted octanol–water partition coefficient (Wildman–Crippen LogP) is 4.53. The van der Waals surface area contributed by atoms with Gasteiger partial charge in [-0.05, 0) is 58.5 Å². The third-order valence-electron chi connectivity index (χ3n) is 5.08. The molecule has 0 atom stereocenters. The summed E-state index contributed by atoms with van der Waals surface area (Å²) in [6, 6.07) is 19.5. The summed E-state index contributed by atoms with van der Waals surface area (Å²) < 4.78 is 40.7. The zero-order valence-corrected chi connectivity index (χ0v) is 19.2. The van der Waals surface area contributed by atoms with Gasteiger partial charge in [-0.2, -0.15) is 0 Å². The molecule has 0 aliphatic heterocycles. The van der Waals surface area contributed by atoms with Crippen LogP contribution in [-0.2, 0) is 28.5 Å². The zero-order chi connectivity index (χ0) is 23.4. The van der Waals surface area contributed by atoms with Gasteiger partial charge in [0.2, 0.25) is 10.0 Å². The molecule has 3 aromatic rings. The van der Waals surface area contributed by atoms with E-state index in [4.69, 9.17) is 0 Å². The summed E-state index contributed by atoms with van der Waals surface area (Å²) in [7, 11) is -3.65. The van der Waals surface area contributed by atoms with Crippen LogP contribution in [0, 0.1) is 5.82 Å². The number of halogens is 1. The number of carbonyl (C=O) groups excluding carboxylic acids is 1. The average molecular weight is 455 g/mol. The largest absolute Gasteiger partial charge is 0.348 e. The van der Waals surface area contributed by atoms with Crippen LogP contribution in [0.3, 0.4) is 0 Å². The lowest BCUT2D eigenvalue weighted by atomic mass is 9.87.